The largest absolute Gasteiger partial charge is 0.338 e. The van der Waals surface area contributed by atoms with Crippen LogP contribution in [0.25, 0.3) is 0 Å². The number of nitrogens with zero attached hydrogens (tertiary/aromatic N) is 4. The number of likely N-dealkylation sites (tertiary alicyclic amines) is 1. The number of aryl methyl sites for hydroxylation is 1. The lowest BCUT2D eigenvalue weighted by Gasteiger charge is -2.23. The third kappa shape index (κ3) is 2.55. The maximum absolute atomic E-state index is 12.8. The average Bonchev–Trinajstić information content (AvgIpc) is 3.27. The van der Waals surface area contributed by atoms with Crippen molar-refractivity contribution in [1.82, 2.24) is 14.5 Å². The van der Waals surface area contributed by atoms with E-state index in [0.29, 0.717) is 5.92 Å². The van der Waals surface area contributed by atoms with Crippen molar-refractivity contribution in [3.05, 3.63) is 48.5 Å². The van der Waals surface area contributed by atoms with Gasteiger partial charge < -0.3 is 9.47 Å². The molecular weight excluding hydrogens is 288 g/mol. The fourth-order valence-electron chi connectivity index (χ4n) is 3.92. The van der Waals surface area contributed by atoms with Crippen LogP contribution in [0.1, 0.15) is 24.6 Å². The van der Waals surface area contributed by atoms with Crippen molar-refractivity contribution in [1.29, 1.82) is 0 Å². The van der Waals surface area contributed by atoms with Gasteiger partial charge in [-0.25, -0.2) is 4.98 Å². The van der Waals surface area contributed by atoms with Gasteiger partial charge in [0.1, 0.15) is 5.82 Å². The van der Waals surface area contributed by atoms with Crippen LogP contribution in [0.3, 0.4) is 0 Å². The van der Waals surface area contributed by atoms with Gasteiger partial charge in [0.15, 0.2) is 0 Å². The highest BCUT2D eigenvalue weighted by Crippen LogP contribution is 2.31. The summed E-state index contributed by atoms with van der Waals surface area (Å²) in [4.78, 5) is 21.6. The molecule has 2 fully saturated rings. The number of carbonyl (C=O) groups excluding carboxylic acids is 1. The second-order valence-corrected chi connectivity index (χ2v) is 6.51. The summed E-state index contributed by atoms with van der Waals surface area (Å²) in [7, 11) is 2.04. The Labute approximate surface area is 136 Å². The zero-order chi connectivity index (χ0) is 15.8. The van der Waals surface area contributed by atoms with Crippen LogP contribution in [-0.2, 0) is 11.8 Å². The Balaban J connectivity index is 1.46. The zero-order valence-corrected chi connectivity index (χ0v) is 13.4. The average molecular weight is 310 g/mol. The van der Waals surface area contributed by atoms with Gasteiger partial charge >= 0.3 is 0 Å². The molecule has 4 rings (SSSR count). The van der Waals surface area contributed by atoms with E-state index in [9.17, 15) is 4.79 Å². The summed E-state index contributed by atoms with van der Waals surface area (Å²) < 4.78 is 2.10. The molecule has 2 aliphatic rings. The van der Waals surface area contributed by atoms with Crippen LogP contribution in [0.5, 0.6) is 0 Å². The molecule has 2 unspecified atom stereocenters. The maximum atomic E-state index is 12.8. The highest BCUT2D eigenvalue weighted by atomic mass is 16.2. The Morgan fingerprint density at radius 3 is 2.70 bits per heavy atom. The first-order chi connectivity index (χ1) is 11.2. The van der Waals surface area contributed by atoms with Gasteiger partial charge in [0.05, 0.1) is 6.04 Å². The second-order valence-electron chi connectivity index (χ2n) is 6.51. The number of imidazole rings is 1. The summed E-state index contributed by atoms with van der Waals surface area (Å²) in [5.41, 5.74) is 1.01. The van der Waals surface area contributed by atoms with Crippen LogP contribution in [0.4, 0.5) is 5.69 Å². The van der Waals surface area contributed by atoms with Gasteiger partial charge in [-0.15, -0.1) is 0 Å². The summed E-state index contributed by atoms with van der Waals surface area (Å²) in [5.74, 6) is 1.82. The molecule has 0 bridgehead atoms. The van der Waals surface area contributed by atoms with E-state index in [-0.39, 0.29) is 11.9 Å². The topological polar surface area (TPSA) is 41.4 Å². The summed E-state index contributed by atoms with van der Waals surface area (Å²) in [6, 6.07) is 10.0. The van der Waals surface area contributed by atoms with Crippen molar-refractivity contribution in [3.63, 3.8) is 0 Å². The summed E-state index contributed by atoms with van der Waals surface area (Å²) in [5, 5.41) is 0. The molecule has 0 spiro atoms. The molecule has 0 N–H and O–H groups in total. The smallest absolute Gasteiger partial charge is 0.244 e. The molecule has 1 amide bonds. The molecule has 1 aromatic carbocycles. The number of amides is 1. The Kier molecular flexibility index (Phi) is 3.65. The van der Waals surface area contributed by atoms with E-state index in [2.05, 4.69) is 14.5 Å². The molecule has 2 saturated heterocycles. The minimum atomic E-state index is 0.0282. The highest BCUT2D eigenvalue weighted by Gasteiger charge is 2.40. The van der Waals surface area contributed by atoms with E-state index in [1.807, 2.05) is 54.7 Å². The quantitative estimate of drug-likeness (QED) is 0.871. The van der Waals surface area contributed by atoms with Gasteiger partial charge in [-0.05, 0) is 31.5 Å². The van der Waals surface area contributed by atoms with E-state index in [1.165, 1.54) is 0 Å². The molecule has 3 heterocycles. The first kappa shape index (κ1) is 14.5. The van der Waals surface area contributed by atoms with Crippen molar-refractivity contribution >= 4 is 11.6 Å². The lowest BCUT2D eigenvalue weighted by atomic mass is 10.1. The minimum Gasteiger partial charge on any atom is -0.338 e. The molecule has 23 heavy (non-hydrogen) atoms. The zero-order valence-electron chi connectivity index (χ0n) is 13.4. The number of anilines is 1. The van der Waals surface area contributed by atoms with E-state index in [4.69, 9.17) is 0 Å². The van der Waals surface area contributed by atoms with Gasteiger partial charge in [-0.2, -0.15) is 0 Å². The Hall–Kier alpha value is -2.14. The van der Waals surface area contributed by atoms with Crippen LogP contribution in [0, 0.1) is 0 Å². The molecular formula is C18H22N4O. The van der Waals surface area contributed by atoms with E-state index in [1.54, 1.807) is 0 Å². The van der Waals surface area contributed by atoms with Crippen LogP contribution in [-0.4, -0.2) is 46.0 Å². The summed E-state index contributed by atoms with van der Waals surface area (Å²) in [6.07, 6.45) is 5.85. The van der Waals surface area contributed by atoms with E-state index in [0.717, 1.165) is 44.0 Å². The fraction of sp³-hybridized carbons (Fsp3) is 0.444. The highest BCUT2D eigenvalue weighted by molar-refractivity contribution is 5.99. The van der Waals surface area contributed by atoms with Crippen molar-refractivity contribution in [2.45, 2.75) is 24.8 Å². The molecule has 0 radical (unpaired) electrons. The van der Waals surface area contributed by atoms with Gasteiger partial charge in [0, 0.05) is 44.1 Å². The van der Waals surface area contributed by atoms with Gasteiger partial charge in [-0.1, -0.05) is 18.2 Å². The minimum absolute atomic E-state index is 0.0282. The lowest BCUT2D eigenvalue weighted by Crippen LogP contribution is -2.40. The fourth-order valence-corrected chi connectivity index (χ4v) is 3.92. The number of hydrogen-bond donors (Lipinski definition) is 0. The molecule has 2 aliphatic heterocycles. The number of para-hydroxylation sites is 1. The number of benzene rings is 1. The number of hydrogen-bond acceptors (Lipinski definition) is 3. The lowest BCUT2D eigenvalue weighted by molar-refractivity contribution is -0.121. The Bertz CT molecular complexity index is 696. The standard InChI is InChI=1S/C18H22N4O/c1-20-12-9-19-17(20)14-7-10-21(13-14)16-8-11-22(18(16)23)15-5-3-2-4-6-15/h2-6,9,12,14,16H,7-8,10-11,13H2,1H3. The molecule has 5 heteroatoms. The predicted octanol–water partition coefficient (Wildman–Crippen LogP) is 2.01. The van der Waals surface area contributed by atoms with Crippen LogP contribution in [0.2, 0.25) is 0 Å². The van der Waals surface area contributed by atoms with Gasteiger partial charge in [0.25, 0.3) is 0 Å². The SMILES string of the molecule is Cn1ccnc1C1CCN(C2CCN(c3ccccc3)C2=O)C1. The van der Waals surface area contributed by atoms with E-state index < -0.39 is 0 Å². The third-order valence-corrected chi connectivity index (χ3v) is 5.13. The molecule has 0 aliphatic carbocycles. The maximum Gasteiger partial charge on any atom is 0.244 e. The number of rotatable bonds is 3. The number of carbonyl (C=O) groups is 1. The normalized spacial score (nSPS) is 25.4. The van der Waals surface area contributed by atoms with E-state index >= 15 is 0 Å². The predicted molar refractivity (Wildman–Crippen MR) is 89.3 cm³/mol. The third-order valence-electron chi connectivity index (χ3n) is 5.13. The van der Waals surface area contributed by atoms with Crippen molar-refractivity contribution in [2.24, 2.45) is 7.05 Å². The van der Waals surface area contributed by atoms with Crippen LogP contribution >= 0.6 is 0 Å². The monoisotopic (exact) mass is 310 g/mol. The summed E-state index contributed by atoms with van der Waals surface area (Å²) >= 11 is 0. The van der Waals surface area contributed by atoms with Crippen LogP contribution < -0.4 is 4.90 Å². The molecule has 5 nitrogen and oxygen atoms in total. The first-order valence-electron chi connectivity index (χ1n) is 8.32. The van der Waals surface area contributed by atoms with Crippen molar-refractivity contribution < 1.29 is 4.79 Å². The first-order valence-corrected chi connectivity index (χ1v) is 8.32. The molecule has 0 saturated carbocycles. The second kappa shape index (κ2) is 5.81. The van der Waals surface area contributed by atoms with Gasteiger partial charge in [-0.3, -0.25) is 9.69 Å². The molecule has 1 aromatic heterocycles. The Morgan fingerprint density at radius 1 is 1.13 bits per heavy atom. The number of aromatic nitrogens is 2. The van der Waals surface area contributed by atoms with Crippen LogP contribution in [0.15, 0.2) is 42.7 Å². The van der Waals surface area contributed by atoms with Crippen molar-refractivity contribution in [3.8, 4) is 0 Å². The molecule has 2 atom stereocenters. The molecule has 2 aromatic rings. The Morgan fingerprint density at radius 2 is 1.96 bits per heavy atom. The van der Waals surface area contributed by atoms with Gasteiger partial charge in [0.2, 0.25) is 5.91 Å². The summed E-state index contributed by atoms with van der Waals surface area (Å²) in [6.45, 7) is 2.73. The van der Waals surface area contributed by atoms with Crippen molar-refractivity contribution in [2.75, 3.05) is 24.5 Å². The molecule has 120 valence electrons.